The summed E-state index contributed by atoms with van der Waals surface area (Å²) in [7, 11) is 0. The molecule has 0 spiro atoms. The van der Waals surface area contributed by atoms with Crippen molar-refractivity contribution in [1.29, 1.82) is 0 Å². The third kappa shape index (κ3) is 4.41. The summed E-state index contributed by atoms with van der Waals surface area (Å²) in [5.74, 6) is 0.617. The number of aromatic nitrogens is 2. The van der Waals surface area contributed by atoms with Crippen LogP contribution in [-0.2, 0) is 11.3 Å². The predicted octanol–water partition coefficient (Wildman–Crippen LogP) is 3.79. The molecule has 1 fully saturated rings. The maximum atomic E-state index is 12.8. The highest BCUT2D eigenvalue weighted by Gasteiger charge is 2.28. The molecule has 25 heavy (non-hydrogen) atoms. The minimum Gasteiger partial charge on any atom is -0.313 e. The molecule has 1 N–H and O–H groups in total. The van der Waals surface area contributed by atoms with Crippen molar-refractivity contribution in [2.45, 2.75) is 45.2 Å². The molecule has 1 atom stereocenters. The molecule has 3 rings (SSSR count). The Balaban J connectivity index is 1.70. The predicted molar refractivity (Wildman–Crippen MR) is 101 cm³/mol. The molecule has 0 saturated carbocycles. The van der Waals surface area contributed by atoms with Gasteiger partial charge in [-0.05, 0) is 44.0 Å². The summed E-state index contributed by atoms with van der Waals surface area (Å²) >= 11 is 6.25. The summed E-state index contributed by atoms with van der Waals surface area (Å²) in [5, 5.41) is 3.73. The SMILES string of the molecule is CCCN1CCCCC1C(=O)Nc1nccn1Cc1ccccc1Cl. The molecule has 0 radical (unpaired) electrons. The Morgan fingerprint density at radius 3 is 3.00 bits per heavy atom. The van der Waals surface area contributed by atoms with Gasteiger partial charge in [0.15, 0.2) is 0 Å². The Morgan fingerprint density at radius 2 is 2.20 bits per heavy atom. The number of amides is 1. The number of benzene rings is 1. The van der Waals surface area contributed by atoms with Crippen LogP contribution in [0.3, 0.4) is 0 Å². The number of halogens is 1. The van der Waals surface area contributed by atoms with Gasteiger partial charge in [0.1, 0.15) is 0 Å². The number of likely N-dealkylation sites (tertiary alicyclic amines) is 1. The number of imidazole rings is 1. The lowest BCUT2D eigenvalue weighted by molar-refractivity contribution is -0.122. The molecule has 0 bridgehead atoms. The van der Waals surface area contributed by atoms with Crippen LogP contribution in [0.25, 0.3) is 0 Å². The van der Waals surface area contributed by atoms with Crippen molar-refractivity contribution in [3.8, 4) is 0 Å². The van der Waals surface area contributed by atoms with Gasteiger partial charge < -0.3 is 4.57 Å². The molecule has 1 aliphatic heterocycles. The largest absolute Gasteiger partial charge is 0.313 e. The Hall–Kier alpha value is -1.85. The smallest absolute Gasteiger partial charge is 0.244 e. The number of anilines is 1. The molecule has 6 heteroatoms. The van der Waals surface area contributed by atoms with E-state index in [1.54, 1.807) is 6.20 Å². The van der Waals surface area contributed by atoms with Crippen LogP contribution in [0, 0.1) is 0 Å². The number of hydrogen-bond donors (Lipinski definition) is 1. The highest BCUT2D eigenvalue weighted by molar-refractivity contribution is 6.31. The van der Waals surface area contributed by atoms with Crippen LogP contribution in [0.2, 0.25) is 5.02 Å². The van der Waals surface area contributed by atoms with E-state index >= 15 is 0 Å². The van der Waals surface area contributed by atoms with E-state index in [4.69, 9.17) is 11.6 Å². The van der Waals surface area contributed by atoms with Gasteiger partial charge >= 0.3 is 0 Å². The van der Waals surface area contributed by atoms with E-state index in [-0.39, 0.29) is 11.9 Å². The second-order valence-electron chi connectivity index (χ2n) is 6.51. The highest BCUT2D eigenvalue weighted by Crippen LogP contribution is 2.20. The Morgan fingerprint density at radius 1 is 1.36 bits per heavy atom. The van der Waals surface area contributed by atoms with Crippen molar-refractivity contribution < 1.29 is 4.79 Å². The van der Waals surface area contributed by atoms with Crippen molar-refractivity contribution in [2.24, 2.45) is 0 Å². The fourth-order valence-electron chi connectivity index (χ4n) is 3.41. The first-order valence-electron chi connectivity index (χ1n) is 8.98. The van der Waals surface area contributed by atoms with E-state index in [9.17, 15) is 4.79 Å². The molecule has 134 valence electrons. The van der Waals surface area contributed by atoms with Gasteiger partial charge in [0.25, 0.3) is 0 Å². The molecule has 1 aromatic heterocycles. The van der Waals surface area contributed by atoms with E-state index in [0.717, 1.165) is 42.9 Å². The lowest BCUT2D eigenvalue weighted by atomic mass is 10.0. The van der Waals surface area contributed by atoms with Crippen molar-refractivity contribution in [3.05, 3.63) is 47.2 Å². The molecule has 0 aliphatic carbocycles. The number of carbonyl (C=O) groups is 1. The van der Waals surface area contributed by atoms with Crippen molar-refractivity contribution in [2.75, 3.05) is 18.4 Å². The zero-order chi connectivity index (χ0) is 17.6. The zero-order valence-electron chi connectivity index (χ0n) is 14.6. The number of hydrogen-bond acceptors (Lipinski definition) is 3. The second-order valence-corrected chi connectivity index (χ2v) is 6.91. The van der Waals surface area contributed by atoms with Gasteiger partial charge in [-0.1, -0.05) is 43.1 Å². The average Bonchev–Trinajstić information content (AvgIpc) is 3.04. The van der Waals surface area contributed by atoms with Gasteiger partial charge in [0.2, 0.25) is 11.9 Å². The van der Waals surface area contributed by atoms with Crippen LogP contribution >= 0.6 is 11.6 Å². The first kappa shape index (κ1) is 18.0. The van der Waals surface area contributed by atoms with E-state index in [1.807, 2.05) is 35.0 Å². The van der Waals surface area contributed by atoms with Gasteiger partial charge in [-0.2, -0.15) is 0 Å². The quantitative estimate of drug-likeness (QED) is 0.852. The topological polar surface area (TPSA) is 50.2 Å². The molecule has 1 aromatic carbocycles. The molecule has 1 amide bonds. The lowest BCUT2D eigenvalue weighted by Gasteiger charge is -2.34. The third-order valence-corrected chi connectivity index (χ3v) is 5.04. The Bertz CT molecular complexity index is 713. The van der Waals surface area contributed by atoms with Crippen LogP contribution in [0.4, 0.5) is 5.95 Å². The van der Waals surface area contributed by atoms with Gasteiger partial charge in [0.05, 0.1) is 12.6 Å². The van der Waals surface area contributed by atoms with Crippen LogP contribution < -0.4 is 5.32 Å². The maximum Gasteiger partial charge on any atom is 0.244 e. The fourth-order valence-corrected chi connectivity index (χ4v) is 3.60. The summed E-state index contributed by atoms with van der Waals surface area (Å²) in [6.45, 7) is 4.70. The molecular formula is C19H25ClN4O. The standard InChI is InChI=1S/C19H25ClN4O/c1-2-11-23-12-6-5-9-17(23)18(25)22-19-21-10-13-24(19)14-15-7-3-4-8-16(15)20/h3-4,7-8,10,13,17H,2,5-6,9,11-12,14H2,1H3,(H,21,22,25). The summed E-state index contributed by atoms with van der Waals surface area (Å²) in [6, 6.07) is 7.67. The third-order valence-electron chi connectivity index (χ3n) is 4.68. The average molecular weight is 361 g/mol. The maximum absolute atomic E-state index is 12.8. The van der Waals surface area contributed by atoms with Crippen molar-refractivity contribution in [3.63, 3.8) is 0 Å². The van der Waals surface area contributed by atoms with Crippen LogP contribution in [0.5, 0.6) is 0 Å². The van der Waals surface area contributed by atoms with Crippen LogP contribution in [-0.4, -0.2) is 39.5 Å². The summed E-state index contributed by atoms with van der Waals surface area (Å²) in [5.41, 5.74) is 1.00. The Labute approximate surface area is 154 Å². The summed E-state index contributed by atoms with van der Waals surface area (Å²) in [6.07, 6.45) is 7.82. The zero-order valence-corrected chi connectivity index (χ0v) is 15.4. The van der Waals surface area contributed by atoms with Gasteiger partial charge in [-0.25, -0.2) is 4.98 Å². The fraction of sp³-hybridized carbons (Fsp3) is 0.474. The molecule has 2 aromatic rings. The molecule has 1 aliphatic rings. The van der Waals surface area contributed by atoms with Gasteiger partial charge in [0, 0.05) is 17.4 Å². The number of rotatable bonds is 6. The first-order valence-corrected chi connectivity index (χ1v) is 9.36. The highest BCUT2D eigenvalue weighted by atomic mass is 35.5. The van der Waals surface area contributed by atoms with Crippen LogP contribution in [0.1, 0.15) is 38.2 Å². The summed E-state index contributed by atoms with van der Waals surface area (Å²) in [4.78, 5) is 19.4. The molecule has 2 heterocycles. The molecule has 5 nitrogen and oxygen atoms in total. The monoisotopic (exact) mass is 360 g/mol. The lowest BCUT2D eigenvalue weighted by Crippen LogP contribution is -2.47. The van der Waals surface area contributed by atoms with Crippen molar-refractivity contribution >= 4 is 23.5 Å². The van der Waals surface area contributed by atoms with E-state index in [1.165, 1.54) is 6.42 Å². The Kier molecular flexibility index (Phi) is 6.10. The molecule has 1 unspecified atom stereocenters. The normalized spacial score (nSPS) is 18.2. The van der Waals surface area contributed by atoms with Gasteiger partial charge in [-0.15, -0.1) is 0 Å². The second kappa shape index (κ2) is 8.50. The van der Waals surface area contributed by atoms with E-state index in [0.29, 0.717) is 12.5 Å². The van der Waals surface area contributed by atoms with Gasteiger partial charge in [-0.3, -0.25) is 15.0 Å². The van der Waals surface area contributed by atoms with E-state index in [2.05, 4.69) is 22.1 Å². The number of nitrogens with one attached hydrogen (secondary N) is 1. The van der Waals surface area contributed by atoms with E-state index < -0.39 is 0 Å². The molecular weight excluding hydrogens is 336 g/mol. The van der Waals surface area contributed by atoms with Crippen LogP contribution in [0.15, 0.2) is 36.7 Å². The number of piperidine rings is 1. The summed E-state index contributed by atoms with van der Waals surface area (Å²) < 4.78 is 1.92. The minimum atomic E-state index is -0.0563. The molecule has 1 saturated heterocycles. The number of nitrogens with zero attached hydrogens (tertiary/aromatic N) is 3. The van der Waals surface area contributed by atoms with Crippen molar-refractivity contribution in [1.82, 2.24) is 14.5 Å². The minimum absolute atomic E-state index is 0.0414. The number of carbonyl (C=O) groups excluding carboxylic acids is 1. The first-order chi connectivity index (χ1) is 12.2.